The number of rotatable bonds is 9. The van der Waals surface area contributed by atoms with E-state index in [4.69, 9.17) is 14.6 Å². The van der Waals surface area contributed by atoms with Crippen LogP contribution in [-0.4, -0.2) is 59.8 Å². The molecule has 0 unspecified atom stereocenters. The van der Waals surface area contributed by atoms with Gasteiger partial charge in [0.15, 0.2) is 0 Å². The van der Waals surface area contributed by atoms with Crippen LogP contribution in [0.4, 0.5) is 0 Å². The monoisotopic (exact) mass is 738 g/mol. The van der Waals surface area contributed by atoms with Gasteiger partial charge in [-0.15, -0.1) is 24.0 Å². The van der Waals surface area contributed by atoms with Gasteiger partial charge in [0, 0.05) is 25.2 Å². The van der Waals surface area contributed by atoms with Crippen molar-refractivity contribution < 1.29 is 24.5 Å². The Morgan fingerprint density at radius 2 is 1.09 bits per heavy atom. The van der Waals surface area contributed by atoms with Crippen molar-refractivity contribution in [2.24, 2.45) is 0 Å². The van der Waals surface area contributed by atoms with E-state index in [9.17, 15) is 9.90 Å². The SMILES string of the molecule is I.O=Cc1ccc(OCc2ccccc2)cc1.OC1CCN(Cc2ccc(OCc3ccccc3)cc2)CC1.OC1CCNCC1. The maximum atomic E-state index is 10.5. The number of likely N-dealkylation sites (tertiary alicyclic amines) is 1. The first-order valence-corrected chi connectivity index (χ1v) is 15.8. The molecule has 0 spiro atoms. The van der Waals surface area contributed by atoms with E-state index < -0.39 is 0 Å². The van der Waals surface area contributed by atoms with Crippen molar-refractivity contribution in [3.8, 4) is 11.5 Å². The summed E-state index contributed by atoms with van der Waals surface area (Å²) in [5, 5.41) is 21.6. The summed E-state index contributed by atoms with van der Waals surface area (Å²) in [5.74, 6) is 1.68. The lowest BCUT2D eigenvalue weighted by Crippen LogP contribution is -2.35. The van der Waals surface area contributed by atoms with E-state index in [1.54, 1.807) is 24.3 Å². The zero-order valence-corrected chi connectivity index (χ0v) is 28.7. The first-order chi connectivity index (χ1) is 22.1. The quantitative estimate of drug-likeness (QED) is 0.131. The maximum Gasteiger partial charge on any atom is 0.150 e. The standard InChI is InChI=1S/C19H23NO2.C14H12O2.C5H11NO.HI/c21-18-10-12-20(13-11-18)14-16-6-8-19(9-7-16)22-15-17-4-2-1-3-5-17;15-10-12-6-8-14(9-7-12)16-11-13-4-2-1-3-5-13;7-5-1-3-6-4-2-5;/h1-9,18,21H,10-15H2;1-10H,11H2;5-7H,1-4H2;1H. The molecule has 8 heteroatoms. The Kier molecular flexibility index (Phi) is 17.4. The lowest BCUT2D eigenvalue weighted by Gasteiger charge is -2.29. The summed E-state index contributed by atoms with van der Waals surface area (Å²) in [6.45, 7) is 6.03. The number of aliphatic hydroxyl groups excluding tert-OH is 2. The fourth-order valence-electron chi connectivity index (χ4n) is 4.96. The summed E-state index contributed by atoms with van der Waals surface area (Å²) in [4.78, 5) is 12.9. The molecule has 46 heavy (non-hydrogen) atoms. The van der Waals surface area contributed by atoms with Crippen LogP contribution in [0.2, 0.25) is 0 Å². The van der Waals surface area contributed by atoms with Gasteiger partial charge in [0.05, 0.1) is 12.2 Å². The van der Waals surface area contributed by atoms with Crippen LogP contribution >= 0.6 is 24.0 Å². The first-order valence-electron chi connectivity index (χ1n) is 15.8. The van der Waals surface area contributed by atoms with Gasteiger partial charge in [0.25, 0.3) is 0 Å². The van der Waals surface area contributed by atoms with E-state index in [1.807, 2.05) is 60.7 Å². The zero-order valence-electron chi connectivity index (χ0n) is 26.4. The Morgan fingerprint density at radius 3 is 1.52 bits per heavy atom. The van der Waals surface area contributed by atoms with Gasteiger partial charge in [-0.05, 0) is 91.9 Å². The van der Waals surface area contributed by atoms with Crippen molar-refractivity contribution in [2.45, 2.75) is 57.6 Å². The van der Waals surface area contributed by atoms with Crippen molar-refractivity contribution in [3.05, 3.63) is 131 Å². The third-order valence-corrected chi connectivity index (χ3v) is 7.71. The van der Waals surface area contributed by atoms with Gasteiger partial charge in [-0.2, -0.15) is 0 Å². The topological polar surface area (TPSA) is 91.3 Å². The van der Waals surface area contributed by atoms with Gasteiger partial charge in [-0.25, -0.2) is 0 Å². The molecule has 2 fully saturated rings. The largest absolute Gasteiger partial charge is 0.489 e. The van der Waals surface area contributed by atoms with E-state index in [-0.39, 0.29) is 36.2 Å². The van der Waals surface area contributed by atoms with Crippen LogP contribution in [0.25, 0.3) is 0 Å². The Morgan fingerprint density at radius 1 is 0.630 bits per heavy atom. The third-order valence-electron chi connectivity index (χ3n) is 7.71. The number of piperidine rings is 2. The highest BCUT2D eigenvalue weighted by atomic mass is 127. The van der Waals surface area contributed by atoms with Crippen molar-refractivity contribution >= 4 is 30.3 Å². The fourth-order valence-corrected chi connectivity index (χ4v) is 4.96. The Bertz CT molecular complexity index is 1340. The van der Waals surface area contributed by atoms with Gasteiger partial charge >= 0.3 is 0 Å². The predicted octanol–water partition coefficient (Wildman–Crippen LogP) is 6.65. The molecule has 2 aliphatic rings. The molecule has 2 heterocycles. The minimum Gasteiger partial charge on any atom is -0.489 e. The first kappa shape index (κ1) is 37.2. The number of nitrogens with zero attached hydrogens (tertiary/aromatic N) is 1. The lowest BCUT2D eigenvalue weighted by molar-refractivity contribution is 0.0792. The number of hydrogen-bond donors (Lipinski definition) is 3. The van der Waals surface area contributed by atoms with Gasteiger partial charge in [-0.1, -0.05) is 72.8 Å². The van der Waals surface area contributed by atoms with Crippen molar-refractivity contribution in [3.63, 3.8) is 0 Å². The molecule has 0 aromatic heterocycles. The molecule has 0 radical (unpaired) electrons. The maximum absolute atomic E-state index is 10.5. The molecule has 0 amide bonds. The van der Waals surface area contributed by atoms with Crippen LogP contribution in [0.3, 0.4) is 0 Å². The van der Waals surface area contributed by atoms with Crippen molar-refractivity contribution in [1.29, 1.82) is 0 Å². The van der Waals surface area contributed by atoms with Crippen LogP contribution in [0.5, 0.6) is 11.5 Å². The highest BCUT2D eigenvalue weighted by molar-refractivity contribution is 14.0. The molecule has 6 rings (SSSR count). The summed E-state index contributed by atoms with van der Waals surface area (Å²) in [6.07, 6.45) is 4.32. The van der Waals surface area contributed by atoms with Crippen molar-refractivity contribution in [2.75, 3.05) is 26.2 Å². The van der Waals surface area contributed by atoms with Crippen LogP contribution in [0.1, 0.15) is 52.7 Å². The number of nitrogens with one attached hydrogen (secondary N) is 1. The molecule has 0 atom stereocenters. The number of benzene rings is 4. The molecule has 0 bridgehead atoms. The van der Waals surface area contributed by atoms with Gasteiger partial charge < -0.3 is 25.0 Å². The second kappa shape index (κ2) is 21.5. The summed E-state index contributed by atoms with van der Waals surface area (Å²) in [7, 11) is 0. The molecule has 7 nitrogen and oxygen atoms in total. The molecule has 2 aliphatic heterocycles. The molecule has 246 valence electrons. The van der Waals surface area contributed by atoms with Crippen LogP contribution in [-0.2, 0) is 19.8 Å². The third kappa shape index (κ3) is 14.4. The predicted molar refractivity (Wildman–Crippen MR) is 194 cm³/mol. The van der Waals surface area contributed by atoms with Crippen LogP contribution in [0.15, 0.2) is 109 Å². The van der Waals surface area contributed by atoms with Gasteiger partial charge in [0.1, 0.15) is 31.0 Å². The molecule has 3 N–H and O–H groups in total. The van der Waals surface area contributed by atoms with E-state index >= 15 is 0 Å². The molecule has 2 saturated heterocycles. The number of carbonyl (C=O) groups is 1. The molecule has 4 aromatic carbocycles. The summed E-state index contributed by atoms with van der Waals surface area (Å²) in [5.41, 5.74) is 4.26. The van der Waals surface area contributed by atoms with Gasteiger partial charge in [-0.3, -0.25) is 9.69 Å². The van der Waals surface area contributed by atoms with E-state index in [2.05, 4.69) is 34.5 Å². The average molecular weight is 739 g/mol. The number of aliphatic hydroxyl groups is 2. The fraction of sp³-hybridized carbons (Fsp3) is 0.342. The highest BCUT2D eigenvalue weighted by Crippen LogP contribution is 2.18. The van der Waals surface area contributed by atoms with E-state index in [0.717, 1.165) is 81.8 Å². The number of carbonyl (C=O) groups excluding carboxylic acids is 1. The molecule has 0 saturated carbocycles. The number of hydrogen-bond acceptors (Lipinski definition) is 7. The lowest BCUT2D eigenvalue weighted by atomic mass is 10.1. The smallest absolute Gasteiger partial charge is 0.150 e. The summed E-state index contributed by atoms with van der Waals surface area (Å²) in [6, 6.07) is 35.6. The Balaban J connectivity index is 0.000000210. The Hall–Kier alpha value is -3.28. The van der Waals surface area contributed by atoms with Crippen molar-refractivity contribution in [1.82, 2.24) is 10.2 Å². The normalized spacial score (nSPS) is 15.2. The number of ether oxygens (including phenoxy) is 2. The molecular weight excluding hydrogens is 691 g/mol. The number of halogens is 1. The van der Waals surface area contributed by atoms with E-state index in [0.29, 0.717) is 18.8 Å². The van der Waals surface area contributed by atoms with E-state index in [1.165, 1.54) is 11.1 Å². The van der Waals surface area contributed by atoms with Gasteiger partial charge in [0.2, 0.25) is 0 Å². The highest BCUT2D eigenvalue weighted by Gasteiger charge is 2.16. The molecular formula is C38H47IN2O5. The summed E-state index contributed by atoms with van der Waals surface area (Å²) >= 11 is 0. The molecule has 0 aliphatic carbocycles. The van der Waals surface area contributed by atoms with Crippen LogP contribution in [0, 0.1) is 0 Å². The average Bonchev–Trinajstić information content (AvgIpc) is 3.10. The zero-order chi connectivity index (χ0) is 31.5. The van der Waals surface area contributed by atoms with Crippen LogP contribution < -0.4 is 14.8 Å². The molecule has 4 aromatic rings. The minimum atomic E-state index is -0.106. The minimum absolute atomic E-state index is 0. The second-order valence-electron chi connectivity index (χ2n) is 11.4. The Labute approximate surface area is 290 Å². The summed E-state index contributed by atoms with van der Waals surface area (Å²) < 4.78 is 11.4. The second-order valence-corrected chi connectivity index (χ2v) is 11.4. The number of aldehydes is 1.